The fourth-order valence-corrected chi connectivity index (χ4v) is 3.54. The summed E-state index contributed by atoms with van der Waals surface area (Å²) < 4.78 is 55.0. The maximum absolute atomic E-state index is 12.8. The summed E-state index contributed by atoms with van der Waals surface area (Å²) in [5.41, 5.74) is -0.527. The van der Waals surface area contributed by atoms with Crippen molar-refractivity contribution in [3.63, 3.8) is 0 Å². The molecule has 0 spiro atoms. The van der Waals surface area contributed by atoms with E-state index in [-0.39, 0.29) is 6.61 Å². The number of thiazole rings is 1. The second kappa shape index (κ2) is 9.86. The number of carbonyl (C=O) groups is 1. The van der Waals surface area contributed by atoms with Gasteiger partial charge in [-0.3, -0.25) is 9.59 Å². The van der Waals surface area contributed by atoms with Crippen LogP contribution in [0.3, 0.4) is 0 Å². The lowest BCUT2D eigenvalue weighted by Gasteiger charge is -2.10. The molecule has 0 aliphatic carbocycles. The summed E-state index contributed by atoms with van der Waals surface area (Å²) in [6, 6.07) is 6.79. The van der Waals surface area contributed by atoms with E-state index in [9.17, 15) is 22.8 Å². The van der Waals surface area contributed by atoms with E-state index in [4.69, 9.17) is 14.2 Å². The third-order valence-corrected chi connectivity index (χ3v) is 5.19. The van der Waals surface area contributed by atoms with Gasteiger partial charge in [0.25, 0.3) is 5.56 Å². The summed E-state index contributed by atoms with van der Waals surface area (Å²) in [6.07, 6.45) is -4.04. The smallest absolute Gasteiger partial charge is 0.417 e. The van der Waals surface area contributed by atoms with Crippen molar-refractivity contribution in [1.82, 2.24) is 9.55 Å². The van der Waals surface area contributed by atoms with Crippen molar-refractivity contribution in [2.45, 2.75) is 26.3 Å². The number of aromatic nitrogens is 2. The fourth-order valence-electron chi connectivity index (χ4n) is 2.74. The second-order valence-corrected chi connectivity index (χ2v) is 7.34. The minimum atomic E-state index is -4.63. The van der Waals surface area contributed by atoms with Gasteiger partial charge in [-0.05, 0) is 31.2 Å². The van der Waals surface area contributed by atoms with E-state index in [0.717, 1.165) is 11.6 Å². The summed E-state index contributed by atoms with van der Waals surface area (Å²) >= 11 is 1.32. The lowest BCUT2D eigenvalue weighted by molar-refractivity contribution is -0.146. The number of ether oxygens (including phenoxy) is 3. The van der Waals surface area contributed by atoms with E-state index in [2.05, 4.69) is 4.98 Å². The van der Waals surface area contributed by atoms with Gasteiger partial charge in [-0.2, -0.15) is 13.2 Å². The number of nitrogens with zero attached hydrogens (tertiary/aromatic N) is 2. The van der Waals surface area contributed by atoms with Crippen molar-refractivity contribution in [3.05, 3.63) is 63.5 Å². The highest BCUT2D eigenvalue weighted by molar-refractivity contribution is 7.13. The SMILES string of the molecule is CCOc1ccc(-c2nc(COC(=O)Cn3cc(C(F)(F)F)ccc3=O)cs2)cc1OC. The summed E-state index contributed by atoms with van der Waals surface area (Å²) in [5.74, 6) is 0.303. The molecule has 0 saturated heterocycles. The van der Waals surface area contributed by atoms with Gasteiger partial charge in [-0.15, -0.1) is 11.3 Å². The molecule has 170 valence electrons. The monoisotopic (exact) mass is 468 g/mol. The van der Waals surface area contributed by atoms with Gasteiger partial charge in [0.15, 0.2) is 11.5 Å². The van der Waals surface area contributed by atoms with Crippen LogP contribution in [0.25, 0.3) is 10.6 Å². The van der Waals surface area contributed by atoms with Crippen molar-refractivity contribution in [2.75, 3.05) is 13.7 Å². The molecule has 0 N–H and O–H groups in total. The van der Waals surface area contributed by atoms with Crippen LogP contribution in [0, 0.1) is 0 Å². The first-order chi connectivity index (χ1) is 15.2. The van der Waals surface area contributed by atoms with E-state index in [1.807, 2.05) is 13.0 Å². The van der Waals surface area contributed by atoms with Gasteiger partial charge in [0.2, 0.25) is 0 Å². The standard InChI is InChI=1S/C21H19F3N2O5S/c1-3-30-16-6-4-13(8-17(16)29-2)20-25-15(12-32-20)11-31-19(28)10-26-9-14(21(22,23)24)5-7-18(26)27/h4-9,12H,3,10-11H2,1-2H3. The van der Waals surface area contributed by atoms with Crippen LogP contribution in [0.1, 0.15) is 18.2 Å². The molecule has 0 radical (unpaired) electrons. The summed E-state index contributed by atoms with van der Waals surface area (Å²) in [7, 11) is 1.53. The number of methoxy groups -OCH3 is 1. The molecule has 11 heteroatoms. The zero-order valence-electron chi connectivity index (χ0n) is 17.1. The highest BCUT2D eigenvalue weighted by Crippen LogP contribution is 2.34. The number of esters is 1. The lowest BCUT2D eigenvalue weighted by atomic mass is 10.2. The average molecular weight is 468 g/mol. The third kappa shape index (κ3) is 5.67. The first kappa shape index (κ1) is 23.3. The molecule has 3 rings (SSSR count). The quantitative estimate of drug-likeness (QED) is 0.463. The number of hydrogen-bond donors (Lipinski definition) is 0. The molecule has 0 atom stereocenters. The highest BCUT2D eigenvalue weighted by Gasteiger charge is 2.31. The van der Waals surface area contributed by atoms with Gasteiger partial charge in [-0.25, -0.2) is 4.98 Å². The Balaban J connectivity index is 1.65. The molecule has 2 aromatic heterocycles. The topological polar surface area (TPSA) is 79.7 Å². The molecule has 0 bridgehead atoms. The molecule has 2 heterocycles. The molecular formula is C21H19F3N2O5S. The summed E-state index contributed by atoms with van der Waals surface area (Å²) in [6.45, 7) is 1.54. The number of hydrogen-bond acceptors (Lipinski definition) is 7. The molecule has 0 fully saturated rings. The van der Waals surface area contributed by atoms with Gasteiger partial charge >= 0.3 is 12.1 Å². The number of alkyl halides is 3. The first-order valence-electron chi connectivity index (χ1n) is 9.40. The molecule has 32 heavy (non-hydrogen) atoms. The van der Waals surface area contributed by atoms with E-state index in [1.165, 1.54) is 18.4 Å². The van der Waals surface area contributed by atoms with Crippen molar-refractivity contribution in [1.29, 1.82) is 0 Å². The number of rotatable bonds is 8. The van der Waals surface area contributed by atoms with E-state index in [0.29, 0.717) is 45.6 Å². The summed E-state index contributed by atoms with van der Waals surface area (Å²) in [5, 5.41) is 2.36. The van der Waals surface area contributed by atoms with Crippen molar-refractivity contribution < 1.29 is 32.2 Å². The van der Waals surface area contributed by atoms with Gasteiger partial charge in [0.1, 0.15) is 18.2 Å². The number of benzene rings is 1. The van der Waals surface area contributed by atoms with Crippen LogP contribution in [0.15, 0.2) is 46.7 Å². The molecule has 3 aromatic rings. The van der Waals surface area contributed by atoms with Crippen LogP contribution in [-0.4, -0.2) is 29.2 Å². The Bertz CT molecular complexity index is 1160. The predicted molar refractivity (Wildman–Crippen MR) is 111 cm³/mol. The Labute approximate surface area is 185 Å². The Morgan fingerprint density at radius 3 is 2.66 bits per heavy atom. The Kier molecular flexibility index (Phi) is 7.18. The Morgan fingerprint density at radius 2 is 1.97 bits per heavy atom. The Hall–Kier alpha value is -3.34. The number of carbonyl (C=O) groups excluding carboxylic acids is 1. The van der Waals surface area contributed by atoms with Crippen LogP contribution in [-0.2, 0) is 28.9 Å². The van der Waals surface area contributed by atoms with Crippen molar-refractivity contribution >= 4 is 17.3 Å². The van der Waals surface area contributed by atoms with Crippen molar-refractivity contribution in [3.8, 4) is 22.1 Å². The van der Waals surface area contributed by atoms with E-state index >= 15 is 0 Å². The number of pyridine rings is 1. The Morgan fingerprint density at radius 1 is 1.19 bits per heavy atom. The van der Waals surface area contributed by atoms with Gasteiger partial charge in [0, 0.05) is 23.2 Å². The normalized spacial score (nSPS) is 11.3. The van der Waals surface area contributed by atoms with E-state index < -0.39 is 29.8 Å². The lowest BCUT2D eigenvalue weighted by Crippen LogP contribution is -2.26. The predicted octanol–water partition coefficient (Wildman–Crippen LogP) is 4.14. The van der Waals surface area contributed by atoms with E-state index in [1.54, 1.807) is 17.5 Å². The van der Waals surface area contributed by atoms with Gasteiger partial charge in [0.05, 0.1) is 25.0 Å². The van der Waals surface area contributed by atoms with Crippen LogP contribution in [0.4, 0.5) is 13.2 Å². The molecule has 0 unspecified atom stereocenters. The number of halogens is 3. The first-order valence-corrected chi connectivity index (χ1v) is 10.3. The average Bonchev–Trinajstić information content (AvgIpc) is 3.22. The third-order valence-electron chi connectivity index (χ3n) is 4.25. The molecular weight excluding hydrogens is 449 g/mol. The maximum Gasteiger partial charge on any atom is 0.417 e. The molecule has 0 saturated carbocycles. The maximum atomic E-state index is 12.8. The van der Waals surface area contributed by atoms with Crippen LogP contribution < -0.4 is 15.0 Å². The molecule has 0 aliphatic heterocycles. The minimum absolute atomic E-state index is 0.183. The zero-order chi connectivity index (χ0) is 23.3. The largest absolute Gasteiger partial charge is 0.493 e. The van der Waals surface area contributed by atoms with Gasteiger partial charge < -0.3 is 18.8 Å². The van der Waals surface area contributed by atoms with Crippen LogP contribution >= 0.6 is 11.3 Å². The highest BCUT2D eigenvalue weighted by atomic mass is 32.1. The molecule has 7 nitrogen and oxygen atoms in total. The minimum Gasteiger partial charge on any atom is -0.493 e. The fraction of sp³-hybridized carbons (Fsp3) is 0.286. The molecule has 1 aromatic carbocycles. The molecule has 0 amide bonds. The summed E-state index contributed by atoms with van der Waals surface area (Å²) in [4.78, 5) is 28.2. The van der Waals surface area contributed by atoms with Crippen LogP contribution in [0.5, 0.6) is 11.5 Å². The second-order valence-electron chi connectivity index (χ2n) is 6.49. The zero-order valence-corrected chi connectivity index (χ0v) is 18.0. The van der Waals surface area contributed by atoms with Gasteiger partial charge in [-0.1, -0.05) is 0 Å². The molecule has 0 aliphatic rings. The van der Waals surface area contributed by atoms with Crippen molar-refractivity contribution in [2.24, 2.45) is 0 Å². The van der Waals surface area contributed by atoms with Crippen LogP contribution in [0.2, 0.25) is 0 Å².